The predicted octanol–water partition coefficient (Wildman–Crippen LogP) is 5.93. The Morgan fingerprint density at radius 1 is 0.534 bits per heavy atom. The van der Waals surface area contributed by atoms with E-state index in [1.165, 1.54) is 0 Å². The number of methoxy groups -OCH3 is 3. The molecule has 21 heteroatoms. The van der Waals surface area contributed by atoms with Crippen molar-refractivity contribution in [3.05, 3.63) is 17.7 Å². The minimum atomic E-state index is -0.810. The van der Waals surface area contributed by atoms with Crippen LogP contribution < -0.4 is 35.5 Å². The Labute approximate surface area is 525 Å². The van der Waals surface area contributed by atoms with Gasteiger partial charge in [0.25, 0.3) is 0 Å². The zero-order valence-electron chi connectivity index (χ0n) is 54.6. The van der Waals surface area contributed by atoms with Crippen molar-refractivity contribution in [2.24, 2.45) is 59.2 Å². The van der Waals surface area contributed by atoms with Crippen LogP contribution in [0.15, 0.2) is 12.1 Å². The molecule has 6 N–H and O–H groups in total. The molecule has 0 aromatic heterocycles. The van der Waals surface area contributed by atoms with E-state index in [2.05, 4.69) is 74.7 Å². The molecule has 6 aliphatic rings. The molecule has 502 valence electrons. The molecule has 5 aliphatic heterocycles. The van der Waals surface area contributed by atoms with Gasteiger partial charge in [0.15, 0.2) is 11.5 Å². The highest BCUT2D eigenvalue weighted by Crippen LogP contribution is 2.51. The molecule has 1 aliphatic carbocycles. The van der Waals surface area contributed by atoms with E-state index in [0.29, 0.717) is 175 Å². The van der Waals surface area contributed by atoms with Crippen molar-refractivity contribution in [2.45, 2.75) is 167 Å². The number of aliphatic hydroxyl groups excluding tert-OH is 1. The molecule has 1 aromatic carbocycles. The first-order valence-corrected chi connectivity index (χ1v) is 33.4. The smallest absolute Gasteiger partial charge is 0.306 e. The monoisotopic (exact) mass is 1240 g/mol. The molecule has 1 aromatic rings. The predicted molar refractivity (Wildman–Crippen MR) is 333 cm³/mol. The maximum absolute atomic E-state index is 14.4. The maximum atomic E-state index is 14.4. The fourth-order valence-electron chi connectivity index (χ4n) is 15.7. The van der Waals surface area contributed by atoms with Crippen LogP contribution in [0.5, 0.6) is 17.2 Å². The van der Waals surface area contributed by atoms with E-state index in [1.807, 2.05) is 12.1 Å². The number of benzene rings is 1. The lowest BCUT2D eigenvalue weighted by Crippen LogP contribution is -2.51. The third-order valence-corrected chi connectivity index (χ3v) is 20.2. The molecule has 1 saturated carbocycles. The number of carboxylic acid groups (broad SMARTS) is 1. The summed E-state index contributed by atoms with van der Waals surface area (Å²) in [6, 6.07) is 5.20. The summed E-state index contributed by atoms with van der Waals surface area (Å²) in [7, 11) is 4.89. The van der Waals surface area contributed by atoms with Gasteiger partial charge >= 0.3 is 11.9 Å². The number of rotatable bonds is 40. The van der Waals surface area contributed by atoms with Gasteiger partial charge in [0.1, 0.15) is 26.4 Å². The minimum absolute atomic E-state index is 0.00194. The summed E-state index contributed by atoms with van der Waals surface area (Å²) in [6.45, 7) is 20.9. The van der Waals surface area contributed by atoms with Crippen molar-refractivity contribution in [3.8, 4) is 29.1 Å². The first-order valence-electron chi connectivity index (χ1n) is 33.4. The molecule has 17 unspecified atom stereocenters. The second-order valence-corrected chi connectivity index (χ2v) is 25.4. The molecule has 5 saturated heterocycles. The standard InChI is InChI=1S/C67H112N4O17/c1-10-48-43(3)53-40-56-49(11-2)44(4)63(70-56)51(15-13-12-14-16-60(73)74)64-45(5)50(65(71-64)52-39-57(72)62-46(6)54(69-66(52)62)41-55(48)68-53)17-18-61(75)88-42-47-37-58(85-34-31-82-28-25-79-22-19-76-7)67(87-36-33-84-30-27-81-24-21-78-9)59(38-47)86-35-32-83-29-26-80-23-20-77-8/h37-38,43-46,48-57,62-66,68-72H,10-12,14,16-36,39-42H2,1-9H3,(H,73,74)/t43?,44?,45-,46?,48?,49?,50-,51?,52?,53?,54?,55?,56?,57?,62?,63?,64?,65?,66?/m0/s1. The van der Waals surface area contributed by atoms with Crippen molar-refractivity contribution >= 4 is 11.9 Å². The van der Waals surface area contributed by atoms with Crippen LogP contribution in [-0.2, 0) is 63.6 Å². The fraction of sp³-hybridized carbons (Fsp3) is 0.851. The van der Waals surface area contributed by atoms with Gasteiger partial charge in [-0.1, -0.05) is 60.3 Å². The molecule has 19 atom stereocenters. The number of esters is 1. The van der Waals surface area contributed by atoms with Crippen molar-refractivity contribution in [3.63, 3.8) is 0 Å². The van der Waals surface area contributed by atoms with E-state index in [1.54, 1.807) is 21.3 Å². The van der Waals surface area contributed by atoms with Gasteiger partial charge in [-0.15, -0.1) is 5.92 Å². The van der Waals surface area contributed by atoms with Gasteiger partial charge in [0.05, 0.1) is 111 Å². The molecule has 0 spiro atoms. The third-order valence-electron chi connectivity index (χ3n) is 20.2. The number of nitrogens with one attached hydrogen (secondary N) is 4. The second-order valence-electron chi connectivity index (χ2n) is 25.4. The summed E-state index contributed by atoms with van der Waals surface area (Å²) in [4.78, 5) is 26.0. The number of fused-ring (bicyclic) bond motifs is 8. The molecule has 5 heterocycles. The molecular formula is C67H112N4O17. The Morgan fingerprint density at radius 3 is 1.56 bits per heavy atom. The SMILES string of the molecule is CCC1C2CC3NC4C(CC(O)C4C3C)C3NC(C(C#CCCCC(=O)O)C4NC(CC(N2)C1C)C(CC)C4C)[C@@H](C)[C@@H]3CCC(=O)OCc1cc(OCCOCCOCCOC)c(OCCOCCOCCOC)c(OCCOCCOCCOC)c1. The van der Waals surface area contributed by atoms with Crippen LogP contribution in [0.1, 0.15) is 111 Å². The number of hydrogen-bond acceptors (Lipinski definition) is 20. The van der Waals surface area contributed by atoms with E-state index < -0.39 is 12.1 Å². The topological polar surface area (TPSA) is 243 Å². The molecule has 7 rings (SSSR count). The average Bonchev–Trinajstić information content (AvgIpc) is 2.33. The lowest BCUT2D eigenvalue weighted by molar-refractivity contribution is -0.145. The van der Waals surface area contributed by atoms with Crippen LogP contribution in [0.25, 0.3) is 0 Å². The minimum Gasteiger partial charge on any atom is -0.487 e. The second kappa shape index (κ2) is 38.5. The summed E-state index contributed by atoms with van der Waals surface area (Å²) in [5.74, 6) is 9.90. The van der Waals surface area contributed by atoms with Crippen LogP contribution >= 0.6 is 0 Å². The van der Waals surface area contributed by atoms with Crippen LogP contribution in [0.3, 0.4) is 0 Å². The van der Waals surface area contributed by atoms with Gasteiger partial charge in [0, 0.05) is 94.8 Å². The van der Waals surface area contributed by atoms with Gasteiger partial charge in [-0.3, -0.25) is 9.59 Å². The Balaban J connectivity index is 1.11. The highest BCUT2D eigenvalue weighted by atomic mass is 16.6. The number of carbonyl (C=O) groups excluding carboxylic acids is 1. The fourth-order valence-corrected chi connectivity index (χ4v) is 15.7. The zero-order chi connectivity index (χ0) is 62.8. The quantitative estimate of drug-likeness (QED) is 0.0254. The summed E-state index contributed by atoms with van der Waals surface area (Å²) in [5, 5.41) is 38.7. The summed E-state index contributed by atoms with van der Waals surface area (Å²) >= 11 is 0. The van der Waals surface area contributed by atoms with Crippen LogP contribution in [-0.4, -0.2) is 217 Å². The van der Waals surface area contributed by atoms with Crippen molar-refractivity contribution in [1.29, 1.82) is 0 Å². The molecular weight excluding hydrogens is 1130 g/mol. The number of carbonyl (C=O) groups is 2. The summed E-state index contributed by atoms with van der Waals surface area (Å²) in [5.41, 5.74) is 0.643. The van der Waals surface area contributed by atoms with E-state index in [0.717, 1.165) is 25.7 Å². The number of aliphatic carboxylic acids is 1. The number of unbranched alkanes of at least 4 members (excludes halogenated alkanes) is 1. The lowest BCUT2D eigenvalue weighted by Gasteiger charge is -2.33. The zero-order valence-corrected chi connectivity index (χ0v) is 54.6. The van der Waals surface area contributed by atoms with Crippen molar-refractivity contribution in [1.82, 2.24) is 21.3 Å². The van der Waals surface area contributed by atoms with Crippen molar-refractivity contribution in [2.75, 3.05) is 140 Å². The average molecular weight is 1250 g/mol. The molecule has 8 bridgehead atoms. The first-order chi connectivity index (χ1) is 42.8. The van der Waals surface area contributed by atoms with E-state index in [-0.39, 0.29) is 125 Å². The van der Waals surface area contributed by atoms with Gasteiger partial charge in [-0.25, -0.2) is 0 Å². The van der Waals surface area contributed by atoms with Gasteiger partial charge in [0.2, 0.25) is 5.75 Å². The first kappa shape index (κ1) is 72.0. The van der Waals surface area contributed by atoms with Gasteiger partial charge < -0.3 is 93.1 Å². The Hall–Kier alpha value is -3.44. The molecule has 21 nitrogen and oxygen atoms in total. The van der Waals surface area contributed by atoms with Crippen LogP contribution in [0, 0.1) is 71.0 Å². The Kier molecular flexibility index (Phi) is 31.5. The number of aliphatic hydroxyl groups is 1. The third kappa shape index (κ3) is 20.5. The highest BCUT2D eigenvalue weighted by molar-refractivity contribution is 5.69. The Bertz CT molecular complexity index is 2200. The molecule has 88 heavy (non-hydrogen) atoms. The number of hydrogen-bond donors (Lipinski definition) is 6. The largest absolute Gasteiger partial charge is 0.487 e. The van der Waals surface area contributed by atoms with E-state index >= 15 is 0 Å². The molecule has 0 amide bonds. The molecule has 0 radical (unpaired) electrons. The van der Waals surface area contributed by atoms with Crippen LogP contribution in [0.2, 0.25) is 0 Å². The Morgan fingerprint density at radius 2 is 1.01 bits per heavy atom. The maximum Gasteiger partial charge on any atom is 0.306 e. The van der Waals surface area contributed by atoms with E-state index in [4.69, 9.17) is 61.6 Å². The highest BCUT2D eigenvalue weighted by Gasteiger charge is 2.59. The number of carboxylic acids is 1. The number of ether oxygens (including phenoxy) is 13. The van der Waals surface area contributed by atoms with Gasteiger partial charge in [-0.2, -0.15) is 0 Å². The van der Waals surface area contributed by atoms with Gasteiger partial charge in [-0.05, 0) is 97.1 Å². The van der Waals surface area contributed by atoms with Crippen LogP contribution in [0.4, 0.5) is 0 Å². The summed E-state index contributed by atoms with van der Waals surface area (Å²) < 4.78 is 74.8. The summed E-state index contributed by atoms with van der Waals surface area (Å²) in [6.07, 6.45) is 6.37. The molecule has 6 fully saturated rings. The normalized spacial score (nSPS) is 32.3. The lowest BCUT2D eigenvalue weighted by atomic mass is 9.73. The van der Waals surface area contributed by atoms with E-state index in [9.17, 15) is 19.8 Å². The van der Waals surface area contributed by atoms with Crippen molar-refractivity contribution < 1.29 is 81.4 Å².